The number of likely N-dealkylation sites (tertiary alicyclic amines) is 2. The number of carbonyl (C=O) groups excluding carboxylic acids is 2. The molecule has 3 aliphatic heterocycles. The van der Waals surface area contributed by atoms with Gasteiger partial charge in [-0.1, -0.05) is 212 Å². The summed E-state index contributed by atoms with van der Waals surface area (Å²) in [6.07, 6.45) is 10.4. The lowest BCUT2D eigenvalue weighted by atomic mass is 9.92. The van der Waals surface area contributed by atoms with E-state index in [4.69, 9.17) is 28.8 Å². The second-order valence-electron chi connectivity index (χ2n) is 29.6. The van der Waals surface area contributed by atoms with Crippen molar-refractivity contribution in [3.8, 4) is 23.0 Å². The number of para-hydroxylation sites is 4. The van der Waals surface area contributed by atoms with Gasteiger partial charge in [-0.05, 0) is 182 Å². The number of ether oxygens (including phenoxy) is 5. The molecule has 13 nitrogen and oxygen atoms in total. The van der Waals surface area contributed by atoms with E-state index in [2.05, 4.69) is 142 Å². The molecule has 0 bridgehead atoms. The molecule has 3 saturated carbocycles. The average molecular weight is 1590 g/mol. The molecule has 7 aromatic rings. The van der Waals surface area contributed by atoms with Gasteiger partial charge in [-0.3, -0.25) is 0 Å². The Morgan fingerprint density at radius 2 is 0.775 bits per heavy atom. The van der Waals surface area contributed by atoms with Crippen LogP contribution in [0.4, 0.5) is 9.59 Å². The second kappa shape index (κ2) is 43.8. The maximum Gasteiger partial charge on any atom is 0.410 e. The van der Waals surface area contributed by atoms with Gasteiger partial charge in [0.1, 0.15) is 34.2 Å². The first kappa shape index (κ1) is 81.3. The highest BCUT2D eigenvalue weighted by molar-refractivity contribution is 9.09. The van der Waals surface area contributed by atoms with Gasteiger partial charge in [0.25, 0.3) is 0 Å². The zero-order valence-electron chi connectivity index (χ0n) is 61.3. The summed E-state index contributed by atoms with van der Waals surface area (Å²) < 4.78 is 28.4. The lowest BCUT2D eigenvalue weighted by Gasteiger charge is -2.42. The number of phenolic OH excluding ortho intramolecular Hbond substituents is 1. The Bertz CT molecular complexity index is 3360. The molecule has 6 fully saturated rings. The van der Waals surface area contributed by atoms with Gasteiger partial charge < -0.3 is 53.7 Å². The van der Waals surface area contributed by atoms with Crippen LogP contribution in [0.3, 0.4) is 0 Å². The third-order valence-corrected chi connectivity index (χ3v) is 20.2. The van der Waals surface area contributed by atoms with Crippen LogP contribution in [0.15, 0.2) is 212 Å². The van der Waals surface area contributed by atoms with Gasteiger partial charge in [0.05, 0.1) is 19.8 Å². The molecule has 3 aliphatic carbocycles. The van der Waals surface area contributed by atoms with Crippen molar-refractivity contribution in [1.82, 2.24) is 24.9 Å². The molecule has 13 rings (SSSR count). The molecule has 16 heteroatoms. The van der Waals surface area contributed by atoms with Gasteiger partial charge in [-0.2, -0.15) is 0 Å². The van der Waals surface area contributed by atoms with E-state index in [0.29, 0.717) is 29.4 Å². The lowest BCUT2D eigenvalue weighted by Crippen LogP contribution is -2.53. The lowest BCUT2D eigenvalue weighted by molar-refractivity contribution is 0.00709. The number of aromatic hydroxyl groups is 1. The number of benzene rings is 7. The Morgan fingerprint density at radius 3 is 1.11 bits per heavy atom. The summed E-state index contributed by atoms with van der Waals surface area (Å²) in [7, 11) is 0. The quantitative estimate of drug-likeness (QED) is 0.0360. The minimum Gasteiger partial charge on any atom is -0.508 e. The smallest absolute Gasteiger partial charge is 0.410 e. The predicted octanol–water partition coefficient (Wildman–Crippen LogP) is 19.6. The number of hydrogen-bond donors (Lipinski definition) is 2. The van der Waals surface area contributed by atoms with E-state index in [1.54, 1.807) is 29.8 Å². The first-order chi connectivity index (χ1) is 49.4. The van der Waals surface area contributed by atoms with E-state index in [-0.39, 0.29) is 24.3 Å². The van der Waals surface area contributed by atoms with Crippen LogP contribution in [-0.4, -0.2) is 161 Å². The van der Waals surface area contributed by atoms with E-state index < -0.39 is 11.2 Å². The van der Waals surface area contributed by atoms with Crippen molar-refractivity contribution in [3.63, 3.8) is 0 Å². The number of hydrogen-bond acceptors (Lipinski definition) is 11. The van der Waals surface area contributed by atoms with Gasteiger partial charge in [-0.25, -0.2) is 9.59 Å². The number of nitrogens with one attached hydrogen (secondary N) is 1. The Balaban J connectivity index is 0.000000169. The molecule has 2 N–H and O–H groups in total. The molecule has 2 amide bonds. The first-order valence-electron chi connectivity index (χ1n) is 37.2. The van der Waals surface area contributed by atoms with Crippen molar-refractivity contribution in [2.24, 2.45) is 23.7 Å². The minimum absolute atomic E-state index is 0.164. The number of rotatable bonds is 28. The van der Waals surface area contributed by atoms with Crippen molar-refractivity contribution in [2.75, 3.05) is 101 Å². The van der Waals surface area contributed by atoms with E-state index in [1.807, 2.05) is 161 Å². The molecule has 6 aliphatic rings. The number of amides is 2. The van der Waals surface area contributed by atoms with E-state index >= 15 is 0 Å². The minimum atomic E-state index is -0.475. The van der Waals surface area contributed by atoms with E-state index in [9.17, 15) is 9.59 Å². The topological polar surface area (TPSA) is 126 Å². The summed E-state index contributed by atoms with van der Waals surface area (Å²) in [5.41, 5.74) is 3.29. The molecular weight excluding hydrogens is 1470 g/mol. The standard InChI is InChI=1S/C27H36N2O3.C23H29NO.C18H26N2O2.C9H11BrO.C6H6O.C3H6Br2/c1-27(2,3)32-26(30)29(25-17-24(25)22-11-6-4-7-12-22)20-21-18-28(19-21)15-10-16-31-23-13-8-5-9-14-23;1-3-8-20(9-4-1)23-16-21(23)13-12-19-17-24(18-19)14-7-15-25-22-10-5-2-6-11-22;1-18(2,3)22-17(21)20(12-13-10-19-11-13)16-9-15(16)14-7-5-4-6-8-14;10-7-4-8-11-9-5-2-1-3-6-9;7-6-4-2-1-3-5-6;4-2-1-3-5/h4-9,11-14,21,24-25H,10,15-20H2,1-3H3;1-6,8-11,19,21,23H,7,12-18H2;4-8,13,15-16,19H,9-12H2,1-3H3;1-3,5-6H,4,7-8H2;1-5,7H;1-3H2/t24-,25+;21-,23+;15-,16+;;;/m010.../s1. The van der Waals surface area contributed by atoms with E-state index in [0.717, 1.165) is 149 Å². The van der Waals surface area contributed by atoms with Gasteiger partial charge in [0, 0.05) is 117 Å². The Hall–Kier alpha value is -6.40. The van der Waals surface area contributed by atoms with Gasteiger partial charge in [-0.15, -0.1) is 0 Å². The predicted molar refractivity (Wildman–Crippen MR) is 428 cm³/mol. The van der Waals surface area contributed by atoms with Crippen LogP contribution in [0, 0.1) is 23.7 Å². The Morgan fingerprint density at radius 1 is 0.431 bits per heavy atom. The molecule has 102 heavy (non-hydrogen) atoms. The largest absolute Gasteiger partial charge is 0.508 e. The van der Waals surface area contributed by atoms with Crippen molar-refractivity contribution < 1.29 is 38.4 Å². The van der Waals surface area contributed by atoms with Crippen LogP contribution in [0.5, 0.6) is 23.0 Å². The molecular formula is C86H114Br3N5O8. The van der Waals surface area contributed by atoms with Crippen LogP contribution >= 0.6 is 47.8 Å². The molecule has 7 aromatic carbocycles. The normalized spacial score (nSPS) is 19.6. The molecule has 3 saturated heterocycles. The molecule has 0 unspecified atom stereocenters. The number of alkyl halides is 3. The Kier molecular flexibility index (Phi) is 34.9. The Labute approximate surface area is 636 Å². The number of phenols is 1. The third kappa shape index (κ3) is 30.7. The number of nitrogens with zero attached hydrogens (tertiary/aromatic N) is 4. The van der Waals surface area contributed by atoms with Crippen molar-refractivity contribution in [3.05, 3.63) is 229 Å². The summed E-state index contributed by atoms with van der Waals surface area (Å²) >= 11 is 9.90. The fourth-order valence-corrected chi connectivity index (χ4v) is 14.4. The zero-order valence-corrected chi connectivity index (χ0v) is 66.1. The summed E-state index contributed by atoms with van der Waals surface area (Å²) in [5, 5.41) is 15.1. The molecule has 0 aromatic heterocycles. The maximum absolute atomic E-state index is 13.0. The van der Waals surface area contributed by atoms with Crippen LogP contribution < -0.4 is 19.5 Å². The highest BCUT2D eigenvalue weighted by atomic mass is 79.9. The maximum atomic E-state index is 13.0. The summed E-state index contributed by atoms with van der Waals surface area (Å²) in [5.74, 6) is 7.89. The molecule has 3 heterocycles. The first-order valence-corrected chi connectivity index (χ1v) is 40.6. The molecule has 0 spiro atoms. The van der Waals surface area contributed by atoms with Crippen LogP contribution in [-0.2, 0) is 9.47 Å². The monoisotopic (exact) mass is 1580 g/mol. The van der Waals surface area contributed by atoms with Crippen molar-refractivity contribution >= 4 is 60.0 Å². The van der Waals surface area contributed by atoms with Gasteiger partial charge >= 0.3 is 12.2 Å². The summed E-state index contributed by atoms with van der Waals surface area (Å²) in [4.78, 5) is 34.6. The van der Waals surface area contributed by atoms with Crippen LogP contribution in [0.25, 0.3) is 0 Å². The summed E-state index contributed by atoms with van der Waals surface area (Å²) in [6, 6.07) is 71.3. The van der Waals surface area contributed by atoms with Crippen LogP contribution in [0.1, 0.15) is 134 Å². The van der Waals surface area contributed by atoms with Crippen molar-refractivity contribution in [2.45, 2.75) is 140 Å². The highest BCUT2D eigenvalue weighted by Gasteiger charge is 2.49. The van der Waals surface area contributed by atoms with Crippen molar-refractivity contribution in [1.29, 1.82) is 0 Å². The third-order valence-electron chi connectivity index (χ3n) is 18.5. The molecule has 0 radical (unpaired) electrons. The van der Waals surface area contributed by atoms with Gasteiger partial charge in [0.2, 0.25) is 0 Å². The second-order valence-corrected chi connectivity index (χ2v) is 32.0. The summed E-state index contributed by atoms with van der Waals surface area (Å²) in [6.45, 7) is 24.4. The fraction of sp³-hybridized carbons (Fsp3) is 0.488. The van der Waals surface area contributed by atoms with Gasteiger partial charge in [0.15, 0.2) is 0 Å². The zero-order chi connectivity index (χ0) is 72.4. The average Bonchev–Trinajstić information content (AvgIpc) is 1.56. The fourth-order valence-electron chi connectivity index (χ4n) is 12.9. The molecule has 552 valence electrons. The number of halogens is 3. The number of carbonyl (C=O) groups is 2. The SMILES string of the molecule is BrCCCBr.BrCCCOc1ccccc1.CC(C)(C)OC(=O)N(CC1CN(CCCOc2ccccc2)C1)[C@@H]1C[C@H]1c1ccccc1.CC(C)(C)OC(=O)N(CC1CNC1)[C@@H]1C[C@H]1c1ccccc1.Oc1ccccc1.c1ccc(OCCCN2CC(CC[C@@H]3C[C@H]3c3ccccc3)C2)cc1. The highest BCUT2D eigenvalue weighted by Crippen LogP contribution is 2.51. The van der Waals surface area contributed by atoms with Crippen LogP contribution in [0.2, 0.25) is 0 Å². The van der Waals surface area contributed by atoms with E-state index in [1.165, 1.54) is 56.4 Å². The molecule has 6 atom stereocenters.